The van der Waals surface area contributed by atoms with Gasteiger partial charge in [-0.05, 0) is 68.7 Å². The monoisotopic (exact) mass is 994 g/mol. The van der Waals surface area contributed by atoms with Gasteiger partial charge in [-0.1, -0.05) is 60.5 Å². The number of sulfonamides is 1. The molecule has 358 valence electrons. The number of methoxy groups -OCH3 is 3. The number of aryl methyl sites for hydroxylation is 2. The lowest BCUT2D eigenvalue weighted by atomic mass is 10.0. The number of halogens is 3. The fraction of sp³-hybridized carbons (Fsp3) is 0.372. The van der Waals surface area contributed by atoms with Crippen molar-refractivity contribution in [1.29, 1.82) is 0 Å². The minimum absolute atomic E-state index is 0.0223. The first kappa shape index (κ1) is 54.4. The zero-order valence-corrected chi connectivity index (χ0v) is 40.8. The predicted molar refractivity (Wildman–Crippen MR) is 253 cm³/mol. The fourth-order valence-corrected chi connectivity index (χ4v) is 7.83. The molecule has 2 heterocycles. The summed E-state index contributed by atoms with van der Waals surface area (Å²) in [7, 11) is 2.63. The molecule has 19 nitrogen and oxygen atoms in total. The molecule has 3 N–H and O–H groups in total. The van der Waals surface area contributed by atoms with Gasteiger partial charge in [-0.15, -0.1) is 11.6 Å². The van der Waals surface area contributed by atoms with E-state index in [-0.39, 0.29) is 58.7 Å². The number of benzene rings is 3. The molecular weight excluding hydrogens is 943 g/mol. The number of urea groups is 1. The van der Waals surface area contributed by atoms with E-state index in [1.807, 2.05) is 57.2 Å². The highest BCUT2D eigenvalue weighted by Crippen LogP contribution is 2.35. The molecule has 0 fully saturated rings. The van der Waals surface area contributed by atoms with E-state index < -0.39 is 31.7 Å². The van der Waals surface area contributed by atoms with Gasteiger partial charge in [0.2, 0.25) is 30.0 Å². The summed E-state index contributed by atoms with van der Waals surface area (Å²) in [6.07, 6.45) is 1.22. The van der Waals surface area contributed by atoms with Crippen molar-refractivity contribution in [3.63, 3.8) is 0 Å². The molecule has 0 radical (unpaired) electrons. The molecule has 6 amide bonds. The van der Waals surface area contributed by atoms with Crippen LogP contribution in [0.4, 0.5) is 27.8 Å². The van der Waals surface area contributed by atoms with Gasteiger partial charge in [0.25, 0.3) is 21.8 Å². The maximum absolute atomic E-state index is 12.8. The number of hydrogen-bond donors (Lipinski definition) is 3. The third kappa shape index (κ3) is 14.5. The SMILES string of the molecule is CC1COc2ccccc2N1C(=O)C(Cl)Cl.CCc1cccc(C)c1N(C(=O)CCl)C(C)COC.COc1cc(OC)nc(NC(=O)NS(=O)(=O)c2cc(NC=O)ccc2C(=O)N(C)C)n1. The number of alkyl halides is 3. The van der Waals surface area contributed by atoms with Crippen LogP contribution in [0.2, 0.25) is 0 Å². The molecule has 0 spiro atoms. The van der Waals surface area contributed by atoms with Crippen LogP contribution in [0.15, 0.2) is 71.6 Å². The highest BCUT2D eigenvalue weighted by Gasteiger charge is 2.32. The summed E-state index contributed by atoms with van der Waals surface area (Å²) in [5.74, 6) is -0.520. The molecule has 2 atom stereocenters. The number of para-hydroxylation sites is 3. The molecule has 2 unspecified atom stereocenters. The van der Waals surface area contributed by atoms with E-state index in [4.69, 9.17) is 53.8 Å². The lowest BCUT2D eigenvalue weighted by Crippen LogP contribution is -2.47. The maximum atomic E-state index is 12.8. The van der Waals surface area contributed by atoms with E-state index >= 15 is 0 Å². The molecule has 0 bridgehead atoms. The van der Waals surface area contributed by atoms with Gasteiger partial charge in [0.15, 0.2) is 4.84 Å². The number of carbonyl (C=O) groups is 5. The molecule has 0 saturated heterocycles. The van der Waals surface area contributed by atoms with Crippen LogP contribution in [0.1, 0.15) is 42.3 Å². The Hall–Kier alpha value is -5.93. The minimum atomic E-state index is -4.54. The summed E-state index contributed by atoms with van der Waals surface area (Å²) in [6.45, 7) is 8.90. The Morgan fingerprint density at radius 1 is 0.985 bits per heavy atom. The van der Waals surface area contributed by atoms with Crippen molar-refractivity contribution in [2.24, 2.45) is 0 Å². The van der Waals surface area contributed by atoms with Gasteiger partial charge in [-0.3, -0.25) is 24.5 Å². The molecule has 0 saturated carbocycles. The van der Waals surface area contributed by atoms with Crippen LogP contribution in [0.5, 0.6) is 17.5 Å². The maximum Gasteiger partial charge on any atom is 0.335 e. The van der Waals surface area contributed by atoms with E-state index in [0.717, 1.165) is 39.9 Å². The first-order valence-corrected chi connectivity index (χ1v) is 22.8. The standard InChI is InChI=1S/C17H20N6O7S.C15H22ClNO2.C11H11Cl2NO2/c1-23(2)15(25)11-6-5-10(18-9-24)7-12(11)31(27,28)22-17(26)21-16-19-13(29-3)8-14(20-16)30-4;1-5-13-8-6-7-11(2)15(13)17(14(18)9-16)12(3)10-19-4;1-7-6-16-9-5-3-2-4-8(9)14(7)11(15)10(12)13/h5-9H,1-4H3,(H,18,24)(H2,19,20,21,22,26);6-8,12H,5,9-10H2,1-4H3;2-5,7,10H,6H2,1H3. The summed E-state index contributed by atoms with van der Waals surface area (Å²) < 4.78 is 48.0. The van der Waals surface area contributed by atoms with Gasteiger partial charge in [-0.2, -0.15) is 9.97 Å². The number of rotatable bonds is 15. The van der Waals surface area contributed by atoms with E-state index in [9.17, 15) is 32.4 Å². The van der Waals surface area contributed by atoms with Crippen molar-refractivity contribution in [1.82, 2.24) is 19.6 Å². The zero-order valence-electron chi connectivity index (χ0n) is 37.8. The molecule has 66 heavy (non-hydrogen) atoms. The Kier molecular flexibility index (Phi) is 21.2. The molecule has 4 aromatic rings. The molecule has 0 aliphatic carbocycles. The highest BCUT2D eigenvalue weighted by atomic mass is 35.5. The zero-order chi connectivity index (χ0) is 49.3. The first-order valence-electron chi connectivity index (χ1n) is 19.9. The average Bonchev–Trinajstić information content (AvgIpc) is 3.29. The number of fused-ring (bicyclic) bond motifs is 1. The van der Waals surface area contributed by atoms with Gasteiger partial charge < -0.3 is 39.0 Å². The van der Waals surface area contributed by atoms with Crippen LogP contribution < -0.4 is 39.4 Å². The predicted octanol–water partition coefficient (Wildman–Crippen LogP) is 6.04. The summed E-state index contributed by atoms with van der Waals surface area (Å²) in [6, 6.07) is 17.1. The van der Waals surface area contributed by atoms with Gasteiger partial charge in [0, 0.05) is 26.9 Å². The number of nitrogens with one attached hydrogen (secondary N) is 3. The van der Waals surface area contributed by atoms with Crippen molar-refractivity contribution in [2.45, 2.75) is 55.9 Å². The summed E-state index contributed by atoms with van der Waals surface area (Å²) in [4.78, 5) is 70.1. The second-order valence-electron chi connectivity index (χ2n) is 14.3. The van der Waals surface area contributed by atoms with Gasteiger partial charge in [0.05, 0.1) is 55.9 Å². The molecular formula is C43H53Cl3N8O11S. The highest BCUT2D eigenvalue weighted by molar-refractivity contribution is 7.90. The molecule has 23 heteroatoms. The molecule has 1 aliphatic rings. The Balaban J connectivity index is 0.000000282. The number of carbonyl (C=O) groups excluding carboxylic acids is 5. The lowest BCUT2D eigenvalue weighted by Gasteiger charge is -2.35. The Bertz CT molecular complexity index is 2420. The van der Waals surface area contributed by atoms with Gasteiger partial charge >= 0.3 is 6.03 Å². The minimum Gasteiger partial charge on any atom is -0.489 e. The summed E-state index contributed by atoms with van der Waals surface area (Å²) in [5, 5.41) is 4.44. The number of anilines is 4. The summed E-state index contributed by atoms with van der Waals surface area (Å²) in [5.41, 5.74) is 3.83. The number of hydrogen-bond acceptors (Lipinski definition) is 13. The Morgan fingerprint density at radius 3 is 2.20 bits per heavy atom. The quantitative estimate of drug-likeness (QED) is 0.0913. The van der Waals surface area contributed by atoms with E-state index in [1.165, 1.54) is 46.5 Å². The molecule has 5 rings (SSSR count). The number of ether oxygens (including phenoxy) is 4. The van der Waals surface area contributed by atoms with Crippen molar-refractivity contribution in [2.75, 3.05) is 75.0 Å². The van der Waals surface area contributed by atoms with Gasteiger partial charge in [-0.25, -0.2) is 17.9 Å². The van der Waals surface area contributed by atoms with E-state index in [2.05, 4.69) is 33.6 Å². The van der Waals surface area contributed by atoms with Crippen LogP contribution in [-0.4, -0.2) is 125 Å². The third-order valence-corrected chi connectivity index (χ3v) is 11.3. The van der Waals surface area contributed by atoms with Crippen LogP contribution in [0.25, 0.3) is 0 Å². The second kappa shape index (κ2) is 25.7. The van der Waals surface area contributed by atoms with Crippen LogP contribution in [-0.2, 0) is 35.6 Å². The largest absolute Gasteiger partial charge is 0.489 e. The molecule has 3 aromatic carbocycles. The van der Waals surface area contributed by atoms with E-state index in [1.54, 1.807) is 21.6 Å². The molecule has 1 aliphatic heterocycles. The first-order chi connectivity index (χ1) is 31.3. The van der Waals surface area contributed by atoms with Crippen molar-refractivity contribution < 1.29 is 51.3 Å². The van der Waals surface area contributed by atoms with E-state index in [0.29, 0.717) is 25.4 Å². The average molecular weight is 996 g/mol. The number of nitrogens with zero attached hydrogens (tertiary/aromatic N) is 5. The number of aromatic nitrogens is 2. The topological polar surface area (TPSA) is 228 Å². The van der Waals surface area contributed by atoms with Crippen molar-refractivity contribution >= 4 is 98.0 Å². The van der Waals surface area contributed by atoms with Crippen LogP contribution >= 0.6 is 34.8 Å². The van der Waals surface area contributed by atoms with Crippen molar-refractivity contribution in [3.05, 3.63) is 83.4 Å². The smallest absolute Gasteiger partial charge is 0.335 e. The van der Waals surface area contributed by atoms with Crippen LogP contribution in [0.3, 0.4) is 0 Å². The Labute approximate surface area is 399 Å². The Morgan fingerprint density at radius 2 is 1.64 bits per heavy atom. The normalized spacial score (nSPS) is 13.2. The van der Waals surface area contributed by atoms with Crippen LogP contribution in [0, 0.1) is 6.92 Å². The van der Waals surface area contributed by atoms with Gasteiger partial charge in [0.1, 0.15) is 23.1 Å². The third-order valence-electron chi connectivity index (χ3n) is 9.33. The number of amides is 6. The summed E-state index contributed by atoms with van der Waals surface area (Å²) >= 11 is 17.0. The fourth-order valence-electron chi connectivity index (χ4n) is 6.36. The lowest BCUT2D eigenvalue weighted by molar-refractivity contribution is -0.118. The van der Waals surface area contributed by atoms with Crippen molar-refractivity contribution in [3.8, 4) is 17.5 Å². The molecule has 1 aromatic heterocycles. The second-order valence-corrected chi connectivity index (χ2v) is 17.3.